The number of rotatable bonds is 10. The fourth-order valence-corrected chi connectivity index (χ4v) is 4.27. The molecule has 2 heterocycles. The van der Waals surface area contributed by atoms with Crippen molar-refractivity contribution >= 4 is 23.3 Å². The van der Waals surface area contributed by atoms with Gasteiger partial charge in [-0.05, 0) is 58.0 Å². The number of anilines is 2. The molecule has 2 aromatic carbocycles. The van der Waals surface area contributed by atoms with Gasteiger partial charge < -0.3 is 29.2 Å². The standard InChI is InChI=1S/C28H34N4O6/c1-5-36-25-17-24(31-11-13-35-14-12-31)26(37-6-2)16-23(25)29-27(33)18-38-28(34)21-7-9-22(10-8-21)32-20(4)15-19(3)30-32/h7-10,15-17H,5-6,11-14,18H2,1-4H3,(H,29,33). The molecule has 0 unspecified atom stereocenters. The van der Waals surface area contributed by atoms with E-state index in [1.165, 1.54) is 0 Å². The molecule has 1 aromatic heterocycles. The number of carbonyl (C=O) groups is 2. The minimum atomic E-state index is -0.595. The van der Waals surface area contributed by atoms with Gasteiger partial charge in [-0.1, -0.05) is 0 Å². The van der Waals surface area contributed by atoms with Crippen LogP contribution in [0.1, 0.15) is 35.6 Å². The van der Waals surface area contributed by atoms with Crippen LogP contribution < -0.4 is 19.7 Å². The number of hydrogen-bond acceptors (Lipinski definition) is 8. The summed E-state index contributed by atoms with van der Waals surface area (Å²) in [5, 5.41) is 7.24. The highest BCUT2D eigenvalue weighted by atomic mass is 16.5. The van der Waals surface area contributed by atoms with Crippen molar-refractivity contribution in [2.24, 2.45) is 0 Å². The fraction of sp³-hybridized carbons (Fsp3) is 0.393. The summed E-state index contributed by atoms with van der Waals surface area (Å²) in [5.74, 6) is 0.0626. The number of nitrogens with one attached hydrogen (secondary N) is 1. The summed E-state index contributed by atoms with van der Waals surface area (Å²) in [6.07, 6.45) is 0. The molecular weight excluding hydrogens is 488 g/mol. The Bertz CT molecular complexity index is 1270. The molecule has 1 N–H and O–H groups in total. The number of esters is 1. The van der Waals surface area contributed by atoms with E-state index in [0.717, 1.165) is 35.9 Å². The van der Waals surface area contributed by atoms with Crippen molar-refractivity contribution in [3.63, 3.8) is 0 Å². The molecule has 1 aliphatic heterocycles. The Morgan fingerprint density at radius 1 is 0.974 bits per heavy atom. The number of hydrogen-bond donors (Lipinski definition) is 1. The maximum Gasteiger partial charge on any atom is 0.338 e. The first-order chi connectivity index (χ1) is 18.4. The highest BCUT2D eigenvalue weighted by Crippen LogP contribution is 2.39. The number of benzene rings is 2. The number of aromatic nitrogens is 2. The Balaban J connectivity index is 1.42. The monoisotopic (exact) mass is 522 g/mol. The third-order valence-corrected chi connectivity index (χ3v) is 5.98. The van der Waals surface area contributed by atoms with Crippen LogP contribution in [0.25, 0.3) is 5.69 Å². The summed E-state index contributed by atoms with van der Waals surface area (Å²) in [4.78, 5) is 27.5. The van der Waals surface area contributed by atoms with Crippen LogP contribution in [0.5, 0.6) is 11.5 Å². The summed E-state index contributed by atoms with van der Waals surface area (Å²) in [6, 6.07) is 12.5. The van der Waals surface area contributed by atoms with Crippen molar-refractivity contribution < 1.29 is 28.5 Å². The summed E-state index contributed by atoms with van der Waals surface area (Å²) in [6.45, 7) is 10.8. The minimum Gasteiger partial charge on any atom is -0.492 e. The van der Waals surface area contributed by atoms with Crippen LogP contribution in [0.2, 0.25) is 0 Å². The van der Waals surface area contributed by atoms with Crippen molar-refractivity contribution in [2.45, 2.75) is 27.7 Å². The lowest BCUT2D eigenvalue weighted by Crippen LogP contribution is -2.36. The molecule has 0 atom stereocenters. The molecule has 1 saturated heterocycles. The van der Waals surface area contributed by atoms with E-state index in [4.69, 9.17) is 18.9 Å². The van der Waals surface area contributed by atoms with Crippen LogP contribution in [0.3, 0.4) is 0 Å². The average Bonchev–Trinajstić information content (AvgIpc) is 3.27. The van der Waals surface area contributed by atoms with Crippen LogP contribution in [0.4, 0.5) is 11.4 Å². The first kappa shape index (κ1) is 27.0. The maximum atomic E-state index is 12.7. The van der Waals surface area contributed by atoms with Gasteiger partial charge in [-0.2, -0.15) is 5.10 Å². The summed E-state index contributed by atoms with van der Waals surface area (Å²) < 4.78 is 24.2. The van der Waals surface area contributed by atoms with Gasteiger partial charge in [-0.3, -0.25) is 4.79 Å². The smallest absolute Gasteiger partial charge is 0.338 e. The lowest BCUT2D eigenvalue weighted by atomic mass is 10.2. The number of ether oxygens (including phenoxy) is 4. The lowest BCUT2D eigenvalue weighted by molar-refractivity contribution is -0.119. The molecule has 10 nitrogen and oxygen atoms in total. The molecule has 3 aromatic rings. The van der Waals surface area contributed by atoms with Gasteiger partial charge in [0.25, 0.3) is 5.91 Å². The third kappa shape index (κ3) is 6.44. The quantitative estimate of drug-likeness (QED) is 0.400. The summed E-state index contributed by atoms with van der Waals surface area (Å²) in [7, 11) is 0. The predicted molar refractivity (Wildman–Crippen MR) is 144 cm³/mol. The van der Waals surface area contributed by atoms with Gasteiger partial charge in [-0.25, -0.2) is 9.48 Å². The van der Waals surface area contributed by atoms with Gasteiger partial charge in [0.15, 0.2) is 6.61 Å². The van der Waals surface area contributed by atoms with Crippen molar-refractivity contribution in [2.75, 3.05) is 56.3 Å². The Hall–Kier alpha value is -4.05. The number of carbonyl (C=O) groups excluding carboxylic acids is 2. The van der Waals surface area contributed by atoms with Crippen LogP contribution in [0, 0.1) is 13.8 Å². The predicted octanol–water partition coefficient (Wildman–Crippen LogP) is 3.92. The second-order valence-electron chi connectivity index (χ2n) is 8.79. The zero-order valence-electron chi connectivity index (χ0n) is 22.3. The van der Waals surface area contributed by atoms with Gasteiger partial charge in [0.2, 0.25) is 0 Å². The molecule has 0 aliphatic carbocycles. The molecule has 1 aliphatic rings. The number of amides is 1. The molecule has 1 fully saturated rings. The van der Waals surface area contributed by atoms with E-state index in [9.17, 15) is 9.59 Å². The molecule has 0 saturated carbocycles. The molecule has 38 heavy (non-hydrogen) atoms. The van der Waals surface area contributed by atoms with Crippen molar-refractivity contribution in [1.29, 1.82) is 0 Å². The zero-order valence-corrected chi connectivity index (χ0v) is 22.3. The first-order valence-electron chi connectivity index (χ1n) is 12.8. The van der Waals surface area contributed by atoms with Crippen molar-refractivity contribution in [3.05, 3.63) is 59.4 Å². The van der Waals surface area contributed by atoms with Gasteiger partial charge in [0.1, 0.15) is 11.5 Å². The number of morpholine rings is 1. The van der Waals surface area contributed by atoms with Crippen LogP contribution >= 0.6 is 0 Å². The summed E-state index contributed by atoms with van der Waals surface area (Å²) in [5.41, 5.74) is 4.40. The van der Waals surface area contributed by atoms with E-state index in [0.29, 0.717) is 49.2 Å². The highest BCUT2D eigenvalue weighted by Gasteiger charge is 2.21. The van der Waals surface area contributed by atoms with E-state index in [-0.39, 0.29) is 0 Å². The first-order valence-corrected chi connectivity index (χ1v) is 12.8. The highest BCUT2D eigenvalue weighted by molar-refractivity contribution is 5.97. The van der Waals surface area contributed by atoms with Crippen LogP contribution in [0.15, 0.2) is 42.5 Å². The van der Waals surface area contributed by atoms with Crippen molar-refractivity contribution in [1.82, 2.24) is 9.78 Å². The van der Waals surface area contributed by atoms with E-state index in [2.05, 4.69) is 15.3 Å². The fourth-order valence-electron chi connectivity index (χ4n) is 4.27. The largest absolute Gasteiger partial charge is 0.492 e. The van der Waals surface area contributed by atoms with E-state index >= 15 is 0 Å². The van der Waals surface area contributed by atoms with Gasteiger partial charge in [0.05, 0.1) is 54.7 Å². The average molecular weight is 523 g/mol. The molecule has 1 amide bonds. The summed E-state index contributed by atoms with van der Waals surface area (Å²) >= 11 is 0. The SMILES string of the molecule is CCOc1cc(N2CCOCC2)c(OCC)cc1NC(=O)COC(=O)c1ccc(-n2nc(C)cc2C)cc1. The second-order valence-corrected chi connectivity index (χ2v) is 8.79. The lowest BCUT2D eigenvalue weighted by Gasteiger charge is -2.31. The molecule has 4 rings (SSSR count). The Kier molecular flexibility index (Phi) is 8.85. The molecule has 0 spiro atoms. The van der Waals surface area contributed by atoms with Crippen molar-refractivity contribution in [3.8, 4) is 17.2 Å². The number of nitrogens with zero attached hydrogens (tertiary/aromatic N) is 3. The maximum absolute atomic E-state index is 12.7. The van der Waals surface area contributed by atoms with E-state index in [1.54, 1.807) is 35.0 Å². The van der Waals surface area contributed by atoms with E-state index in [1.807, 2.05) is 39.8 Å². The number of aryl methyl sites for hydroxylation is 2. The Morgan fingerprint density at radius 2 is 1.66 bits per heavy atom. The van der Waals surface area contributed by atoms with Gasteiger partial charge in [-0.15, -0.1) is 0 Å². The molecule has 10 heteroatoms. The molecule has 202 valence electrons. The van der Waals surface area contributed by atoms with Gasteiger partial charge in [0, 0.05) is 30.9 Å². The normalized spacial score (nSPS) is 13.2. The topological polar surface area (TPSA) is 104 Å². The molecule has 0 radical (unpaired) electrons. The molecule has 0 bridgehead atoms. The van der Waals surface area contributed by atoms with E-state index < -0.39 is 18.5 Å². The van der Waals surface area contributed by atoms with Gasteiger partial charge >= 0.3 is 5.97 Å². The second kappa shape index (κ2) is 12.5. The minimum absolute atomic E-state index is 0.339. The van der Waals surface area contributed by atoms with Crippen LogP contribution in [-0.4, -0.2) is 67.8 Å². The van der Waals surface area contributed by atoms with Crippen LogP contribution in [-0.2, 0) is 14.3 Å². The Labute approximate surface area is 222 Å². The molecular formula is C28H34N4O6. The third-order valence-electron chi connectivity index (χ3n) is 5.98. The zero-order chi connectivity index (χ0) is 27.1. The Morgan fingerprint density at radius 3 is 2.29 bits per heavy atom.